The zero-order valence-corrected chi connectivity index (χ0v) is 12.3. The van der Waals surface area contributed by atoms with Crippen LogP contribution in [0.5, 0.6) is 5.75 Å². The van der Waals surface area contributed by atoms with Gasteiger partial charge in [0.15, 0.2) is 6.61 Å². The van der Waals surface area contributed by atoms with Gasteiger partial charge in [-0.3, -0.25) is 9.59 Å². The second kappa shape index (κ2) is 8.04. The van der Waals surface area contributed by atoms with Crippen molar-refractivity contribution in [3.05, 3.63) is 29.8 Å². The van der Waals surface area contributed by atoms with Crippen molar-refractivity contribution in [3.8, 4) is 5.75 Å². The van der Waals surface area contributed by atoms with Crippen LogP contribution in [0.4, 0.5) is 0 Å². The topological polar surface area (TPSA) is 78.9 Å². The first kappa shape index (κ1) is 16.7. The van der Waals surface area contributed by atoms with Crippen LogP contribution >= 0.6 is 0 Å². The predicted octanol–water partition coefficient (Wildman–Crippen LogP) is 1.44. The lowest BCUT2D eigenvalue weighted by molar-refractivity contribution is -0.158. The van der Waals surface area contributed by atoms with Crippen molar-refractivity contribution >= 4 is 17.7 Å². The molecule has 0 radical (unpaired) electrons. The van der Waals surface area contributed by atoms with Crippen molar-refractivity contribution in [1.82, 2.24) is 0 Å². The maximum Gasteiger partial charge on any atom is 0.378 e. The number of carbonyl (C=O) groups excluding carboxylic acids is 3. The SMILES string of the molecule is COC(=O)C(=O)COC(=O)CC(C)Oc1ccc(C)cc1. The second-order valence-corrected chi connectivity index (χ2v) is 4.52. The van der Waals surface area contributed by atoms with Gasteiger partial charge in [0.05, 0.1) is 13.5 Å². The van der Waals surface area contributed by atoms with Crippen LogP contribution in [0.25, 0.3) is 0 Å². The highest BCUT2D eigenvalue weighted by Gasteiger charge is 2.18. The Hall–Kier alpha value is -2.37. The first-order valence-electron chi connectivity index (χ1n) is 6.42. The van der Waals surface area contributed by atoms with Gasteiger partial charge in [-0.25, -0.2) is 4.79 Å². The Kier molecular flexibility index (Phi) is 6.39. The van der Waals surface area contributed by atoms with E-state index in [1.54, 1.807) is 19.1 Å². The molecule has 1 rings (SSSR count). The van der Waals surface area contributed by atoms with E-state index < -0.39 is 30.4 Å². The summed E-state index contributed by atoms with van der Waals surface area (Å²) in [7, 11) is 1.08. The number of hydrogen-bond donors (Lipinski definition) is 0. The molecule has 0 aliphatic rings. The summed E-state index contributed by atoms with van der Waals surface area (Å²) in [5.41, 5.74) is 1.11. The third kappa shape index (κ3) is 6.07. The van der Waals surface area contributed by atoms with E-state index in [9.17, 15) is 14.4 Å². The Morgan fingerprint density at radius 1 is 1.14 bits per heavy atom. The Bertz CT molecular complexity index is 505. The molecule has 1 atom stereocenters. The fraction of sp³-hybridized carbons (Fsp3) is 0.400. The molecule has 6 heteroatoms. The van der Waals surface area contributed by atoms with Gasteiger partial charge in [-0.05, 0) is 26.0 Å². The number of ether oxygens (including phenoxy) is 3. The Morgan fingerprint density at radius 2 is 1.76 bits per heavy atom. The number of methoxy groups -OCH3 is 1. The zero-order chi connectivity index (χ0) is 15.8. The van der Waals surface area contributed by atoms with E-state index in [4.69, 9.17) is 4.74 Å². The first-order chi connectivity index (χ1) is 9.92. The van der Waals surface area contributed by atoms with E-state index >= 15 is 0 Å². The molecule has 0 fully saturated rings. The van der Waals surface area contributed by atoms with Gasteiger partial charge < -0.3 is 14.2 Å². The number of aryl methyl sites for hydroxylation is 1. The van der Waals surface area contributed by atoms with Crippen LogP contribution in [0.1, 0.15) is 18.9 Å². The fourth-order valence-corrected chi connectivity index (χ4v) is 1.50. The largest absolute Gasteiger partial charge is 0.490 e. The minimum absolute atomic E-state index is 0.0255. The number of rotatable bonds is 7. The molecule has 0 spiro atoms. The molecule has 21 heavy (non-hydrogen) atoms. The smallest absolute Gasteiger partial charge is 0.378 e. The van der Waals surface area contributed by atoms with Crippen molar-refractivity contribution in [1.29, 1.82) is 0 Å². The third-order valence-electron chi connectivity index (χ3n) is 2.59. The van der Waals surface area contributed by atoms with Gasteiger partial charge in [0.25, 0.3) is 5.78 Å². The summed E-state index contributed by atoms with van der Waals surface area (Å²) in [5.74, 6) is -1.91. The van der Waals surface area contributed by atoms with E-state index in [-0.39, 0.29) is 6.42 Å². The summed E-state index contributed by atoms with van der Waals surface area (Å²) in [6, 6.07) is 7.40. The lowest BCUT2D eigenvalue weighted by Crippen LogP contribution is -2.25. The molecule has 0 N–H and O–H groups in total. The predicted molar refractivity (Wildman–Crippen MR) is 73.9 cm³/mol. The zero-order valence-electron chi connectivity index (χ0n) is 12.3. The van der Waals surface area contributed by atoms with Gasteiger partial charge in [-0.15, -0.1) is 0 Å². The number of ketones is 1. The molecule has 0 aliphatic heterocycles. The summed E-state index contributed by atoms with van der Waals surface area (Å²) < 4.78 is 14.4. The van der Waals surface area contributed by atoms with Crippen molar-refractivity contribution in [2.45, 2.75) is 26.4 Å². The van der Waals surface area contributed by atoms with Gasteiger partial charge in [0, 0.05) is 0 Å². The van der Waals surface area contributed by atoms with Crippen molar-refractivity contribution in [2.75, 3.05) is 13.7 Å². The van der Waals surface area contributed by atoms with Gasteiger partial charge in [-0.1, -0.05) is 17.7 Å². The molecule has 114 valence electrons. The van der Waals surface area contributed by atoms with E-state index in [1.807, 2.05) is 19.1 Å². The molecule has 0 aliphatic carbocycles. The summed E-state index contributed by atoms with van der Waals surface area (Å²) in [5, 5.41) is 0. The highest BCUT2D eigenvalue weighted by Crippen LogP contribution is 2.14. The van der Waals surface area contributed by atoms with Gasteiger partial charge in [0.1, 0.15) is 11.9 Å². The second-order valence-electron chi connectivity index (χ2n) is 4.52. The van der Waals surface area contributed by atoms with Crippen LogP contribution in [0.15, 0.2) is 24.3 Å². The summed E-state index contributed by atoms with van der Waals surface area (Å²) >= 11 is 0. The van der Waals surface area contributed by atoms with E-state index in [0.717, 1.165) is 12.7 Å². The normalized spacial score (nSPS) is 11.4. The van der Waals surface area contributed by atoms with Crippen molar-refractivity contribution in [3.63, 3.8) is 0 Å². The molecule has 0 saturated heterocycles. The molecule has 0 aromatic heterocycles. The number of Topliss-reactive ketones (excluding diaryl/α,β-unsaturated/α-hetero) is 1. The molecule has 6 nitrogen and oxygen atoms in total. The van der Waals surface area contributed by atoms with E-state index in [2.05, 4.69) is 9.47 Å². The molecule has 1 aromatic carbocycles. The van der Waals surface area contributed by atoms with Gasteiger partial charge in [0.2, 0.25) is 0 Å². The lowest BCUT2D eigenvalue weighted by atomic mass is 10.2. The van der Waals surface area contributed by atoms with Crippen molar-refractivity contribution in [2.24, 2.45) is 0 Å². The summed E-state index contributed by atoms with van der Waals surface area (Å²) in [4.78, 5) is 33.4. The molecule has 0 bridgehead atoms. The monoisotopic (exact) mass is 294 g/mol. The van der Waals surface area contributed by atoms with Crippen LogP contribution in [-0.2, 0) is 23.9 Å². The average Bonchev–Trinajstić information content (AvgIpc) is 2.46. The van der Waals surface area contributed by atoms with Gasteiger partial charge >= 0.3 is 11.9 Å². The average molecular weight is 294 g/mol. The Morgan fingerprint density at radius 3 is 2.33 bits per heavy atom. The van der Waals surface area contributed by atoms with Crippen LogP contribution in [0.3, 0.4) is 0 Å². The van der Waals surface area contributed by atoms with Crippen LogP contribution < -0.4 is 4.74 Å². The standard InChI is InChI=1S/C15H18O6/c1-10-4-6-12(7-5-10)21-11(2)8-14(17)20-9-13(16)15(18)19-3/h4-7,11H,8-9H2,1-3H3. The fourth-order valence-electron chi connectivity index (χ4n) is 1.50. The molecule has 1 unspecified atom stereocenters. The van der Waals surface area contributed by atoms with E-state index in [0.29, 0.717) is 5.75 Å². The first-order valence-corrected chi connectivity index (χ1v) is 6.42. The quantitative estimate of drug-likeness (QED) is 0.559. The minimum atomic E-state index is -1.04. The number of hydrogen-bond acceptors (Lipinski definition) is 6. The van der Waals surface area contributed by atoms with Crippen LogP contribution in [0, 0.1) is 6.92 Å². The third-order valence-corrected chi connectivity index (χ3v) is 2.59. The summed E-state index contributed by atoms with van der Waals surface area (Å²) in [6.07, 6.45) is -0.434. The lowest BCUT2D eigenvalue weighted by Gasteiger charge is -2.14. The highest BCUT2D eigenvalue weighted by molar-refractivity contribution is 6.34. The maximum atomic E-state index is 11.5. The highest BCUT2D eigenvalue weighted by atomic mass is 16.6. The molecule has 1 aromatic rings. The molecule has 0 saturated carbocycles. The Balaban J connectivity index is 2.35. The van der Waals surface area contributed by atoms with Crippen molar-refractivity contribution < 1.29 is 28.6 Å². The maximum absolute atomic E-state index is 11.5. The number of benzene rings is 1. The minimum Gasteiger partial charge on any atom is -0.490 e. The molecular weight excluding hydrogens is 276 g/mol. The summed E-state index contributed by atoms with van der Waals surface area (Å²) in [6.45, 7) is 3.05. The van der Waals surface area contributed by atoms with E-state index in [1.165, 1.54) is 0 Å². The Labute approximate surface area is 123 Å². The molecule has 0 heterocycles. The van der Waals surface area contributed by atoms with Crippen LogP contribution in [-0.4, -0.2) is 37.5 Å². The molecular formula is C15H18O6. The number of esters is 2. The number of carbonyl (C=O) groups is 3. The van der Waals surface area contributed by atoms with Gasteiger partial charge in [-0.2, -0.15) is 0 Å². The van der Waals surface area contributed by atoms with Crippen LogP contribution in [0.2, 0.25) is 0 Å². The molecule has 0 amide bonds.